The Morgan fingerprint density at radius 1 is 0.649 bits per heavy atom. The molecule has 0 amide bonds. The molecule has 6 aromatic rings. The average molecular weight is 587 g/mol. The van der Waals surface area contributed by atoms with E-state index in [1.807, 2.05) is 97.1 Å². The van der Waals surface area contributed by atoms with E-state index >= 15 is 0 Å². The molecule has 0 saturated heterocycles. The third kappa shape index (κ3) is 6.49. The van der Waals surface area contributed by atoms with Gasteiger partial charge >= 0.3 is 19.5 Å². The molecule has 0 fully saturated rings. The molecule has 0 spiro atoms. The molecule has 4 aromatic carbocycles. The zero-order chi connectivity index (χ0) is 24.0. The molecular weight excluding hydrogens is 564 g/mol. The number of fused-ring (bicyclic) bond motifs is 1. The summed E-state index contributed by atoms with van der Waals surface area (Å²) < 4.78 is 2.18. The minimum atomic E-state index is 0. The van der Waals surface area contributed by atoms with E-state index < -0.39 is 0 Å². The van der Waals surface area contributed by atoms with Gasteiger partial charge in [-0.1, -0.05) is 78.9 Å². The fraction of sp³-hybridized carbons (Fsp3) is 0. The predicted octanol–water partition coefficient (Wildman–Crippen LogP) is 7.36. The van der Waals surface area contributed by atoms with Crippen molar-refractivity contribution in [2.45, 2.75) is 9.79 Å². The Morgan fingerprint density at radius 3 is 1.97 bits per heavy atom. The fourth-order valence-electron chi connectivity index (χ4n) is 3.91. The van der Waals surface area contributed by atoms with Crippen molar-refractivity contribution >= 4 is 49.8 Å². The molecule has 0 aliphatic heterocycles. The largest absolute Gasteiger partial charge is 2.00 e. The Hall–Kier alpha value is -2.96. The Balaban J connectivity index is 0.000000219. The number of nitrogens with zero attached hydrogens (tertiary/aromatic N) is 3. The molecule has 7 heteroatoms. The van der Waals surface area contributed by atoms with Crippen LogP contribution in [-0.2, 0) is 45.6 Å². The number of aromatic nitrogens is 3. The van der Waals surface area contributed by atoms with E-state index in [0.29, 0.717) is 0 Å². The summed E-state index contributed by atoms with van der Waals surface area (Å²) in [5.41, 5.74) is 6.18. The van der Waals surface area contributed by atoms with Crippen LogP contribution in [0.4, 0.5) is 0 Å². The van der Waals surface area contributed by atoms with Crippen LogP contribution < -0.4 is 0 Å². The van der Waals surface area contributed by atoms with Gasteiger partial charge in [-0.05, 0) is 48.0 Å². The minimum Gasteiger partial charge on any atom is -0.813 e. The molecule has 6 rings (SSSR count). The summed E-state index contributed by atoms with van der Waals surface area (Å²) in [5.74, 6) is 0.915. The third-order valence-corrected chi connectivity index (χ3v) is 6.29. The van der Waals surface area contributed by atoms with Gasteiger partial charge < -0.3 is 26.1 Å². The van der Waals surface area contributed by atoms with Crippen LogP contribution >= 0.6 is 12.6 Å². The molecule has 0 radical (unpaired) electrons. The van der Waals surface area contributed by atoms with Crippen molar-refractivity contribution in [3.63, 3.8) is 0 Å². The standard InChI is InChI=1S/C19H14N2S.C11H9NS.H2S.Zn/c22-18-13-7-4-10-15(18)19-20-16-11-5-6-12-17(16)21(19)14-8-2-1-3-9-14;13-11-7-2-1-5-9(11)10-6-3-4-8-12-10;;/h1-13,22H;1-8,13H;1H2;/q;;;+2/p-2. The number of benzene rings is 4. The molecule has 0 aliphatic rings. The van der Waals surface area contributed by atoms with E-state index in [9.17, 15) is 0 Å². The van der Waals surface area contributed by atoms with Gasteiger partial charge in [0.25, 0.3) is 0 Å². The first-order valence-corrected chi connectivity index (χ1v) is 12.1. The van der Waals surface area contributed by atoms with E-state index in [1.165, 1.54) is 0 Å². The SMILES string of the molecule is Sc1ccccc1-c1nc2ccccc2n1-c1ccccc1.[S-]c1ccccc1-c1ccccn1.[SH-].[Zn+2]. The molecule has 0 bridgehead atoms. The molecule has 3 nitrogen and oxygen atoms in total. The molecule has 0 saturated carbocycles. The van der Waals surface area contributed by atoms with Gasteiger partial charge in [0.05, 0.1) is 16.7 Å². The second kappa shape index (κ2) is 13.5. The van der Waals surface area contributed by atoms with E-state index in [2.05, 4.69) is 46.4 Å². The fourth-order valence-corrected chi connectivity index (χ4v) is 4.42. The van der Waals surface area contributed by atoms with Crippen LogP contribution in [0.25, 0.3) is 39.4 Å². The molecular formula is C30H23N3S3Zn. The molecule has 37 heavy (non-hydrogen) atoms. The Morgan fingerprint density at radius 2 is 1.27 bits per heavy atom. The van der Waals surface area contributed by atoms with E-state index in [4.69, 9.17) is 17.6 Å². The van der Waals surface area contributed by atoms with Crippen LogP contribution in [0.1, 0.15) is 0 Å². The van der Waals surface area contributed by atoms with E-state index in [0.717, 1.165) is 49.2 Å². The van der Waals surface area contributed by atoms with Gasteiger partial charge in [-0.3, -0.25) is 9.55 Å². The Kier molecular flexibility index (Phi) is 10.5. The second-order valence-corrected chi connectivity index (χ2v) is 8.75. The van der Waals surface area contributed by atoms with Crippen molar-refractivity contribution in [1.29, 1.82) is 0 Å². The van der Waals surface area contributed by atoms with Crippen molar-refractivity contribution in [2.75, 3.05) is 0 Å². The molecule has 178 valence electrons. The van der Waals surface area contributed by atoms with Gasteiger partial charge in [0, 0.05) is 22.3 Å². The number of pyridine rings is 1. The Labute approximate surface area is 248 Å². The smallest absolute Gasteiger partial charge is 0.813 e. The van der Waals surface area contributed by atoms with Gasteiger partial charge in [0.15, 0.2) is 0 Å². The first-order valence-electron chi connectivity index (χ1n) is 11.2. The van der Waals surface area contributed by atoms with Gasteiger partial charge in [-0.15, -0.1) is 12.6 Å². The first-order chi connectivity index (χ1) is 17.2. The summed E-state index contributed by atoms with van der Waals surface area (Å²) in [4.78, 5) is 10.9. The quantitative estimate of drug-likeness (QED) is 0.133. The third-order valence-electron chi connectivity index (χ3n) is 5.55. The molecule has 0 aliphatic carbocycles. The normalized spacial score (nSPS) is 9.97. The number of imidazole rings is 1. The summed E-state index contributed by atoms with van der Waals surface area (Å²) >= 11 is 9.79. The summed E-state index contributed by atoms with van der Waals surface area (Å²) in [6, 6.07) is 40.2. The van der Waals surface area contributed by atoms with Gasteiger partial charge in [-0.25, -0.2) is 4.98 Å². The topological polar surface area (TPSA) is 30.7 Å². The zero-order valence-electron chi connectivity index (χ0n) is 20.0. The number of hydrogen-bond donors (Lipinski definition) is 1. The monoisotopic (exact) mass is 585 g/mol. The molecule has 0 atom stereocenters. The molecule has 0 N–H and O–H groups in total. The van der Waals surface area contributed by atoms with Crippen LogP contribution in [0.3, 0.4) is 0 Å². The van der Waals surface area contributed by atoms with E-state index in [1.54, 1.807) is 6.20 Å². The summed E-state index contributed by atoms with van der Waals surface area (Å²) in [5, 5.41) is 0. The maximum atomic E-state index is 5.19. The summed E-state index contributed by atoms with van der Waals surface area (Å²) in [6.07, 6.45) is 1.77. The van der Waals surface area contributed by atoms with Crippen LogP contribution in [0.15, 0.2) is 137 Å². The van der Waals surface area contributed by atoms with Crippen LogP contribution in [0, 0.1) is 0 Å². The van der Waals surface area contributed by atoms with Gasteiger partial charge in [-0.2, -0.15) is 4.90 Å². The summed E-state index contributed by atoms with van der Waals surface area (Å²) in [6.45, 7) is 0. The van der Waals surface area contributed by atoms with Crippen molar-refractivity contribution in [3.05, 3.63) is 128 Å². The van der Waals surface area contributed by atoms with Crippen molar-refractivity contribution in [3.8, 4) is 28.3 Å². The maximum Gasteiger partial charge on any atom is 2.00 e. The Bertz CT molecular complexity index is 1570. The van der Waals surface area contributed by atoms with Crippen molar-refractivity contribution in [1.82, 2.24) is 14.5 Å². The second-order valence-electron chi connectivity index (χ2n) is 7.82. The van der Waals surface area contributed by atoms with Crippen LogP contribution in [-0.4, -0.2) is 14.5 Å². The van der Waals surface area contributed by atoms with Gasteiger partial charge in [0.2, 0.25) is 0 Å². The van der Waals surface area contributed by atoms with Crippen LogP contribution in [0.5, 0.6) is 0 Å². The summed E-state index contributed by atoms with van der Waals surface area (Å²) in [7, 11) is 0. The molecule has 0 unspecified atom stereocenters. The number of rotatable bonds is 3. The average Bonchev–Trinajstić information content (AvgIpc) is 3.30. The maximum absolute atomic E-state index is 5.19. The zero-order valence-corrected chi connectivity index (χ0v) is 25.5. The molecule has 2 aromatic heterocycles. The number of thiol groups is 2. The van der Waals surface area contributed by atoms with Crippen molar-refractivity contribution < 1.29 is 19.5 Å². The molecule has 2 heterocycles. The first kappa shape index (κ1) is 28.6. The minimum absolute atomic E-state index is 0. The number of para-hydroxylation sites is 3. The number of hydrogen-bond acceptors (Lipinski definition) is 5. The van der Waals surface area contributed by atoms with Crippen molar-refractivity contribution in [2.24, 2.45) is 0 Å². The predicted molar refractivity (Wildman–Crippen MR) is 158 cm³/mol. The van der Waals surface area contributed by atoms with Crippen LogP contribution in [0.2, 0.25) is 0 Å². The van der Waals surface area contributed by atoms with E-state index in [-0.39, 0.29) is 33.0 Å². The van der Waals surface area contributed by atoms with Gasteiger partial charge in [0.1, 0.15) is 5.82 Å².